The molecule has 2 aromatic carbocycles. The Morgan fingerprint density at radius 2 is 1.48 bits per heavy atom. The van der Waals surface area contributed by atoms with E-state index in [4.69, 9.17) is 63.8 Å². The van der Waals surface area contributed by atoms with Crippen molar-refractivity contribution in [3.05, 3.63) is 50.4 Å². The molecule has 10 N–H and O–H groups in total. The molecule has 2 rings (SSSR count). The molecule has 0 aromatic heterocycles. The van der Waals surface area contributed by atoms with Gasteiger partial charge in [0.15, 0.2) is 0 Å². The average Bonchev–Trinajstić information content (AvgIpc) is 2.55. The van der Waals surface area contributed by atoms with Crippen LogP contribution in [0.3, 0.4) is 0 Å². The van der Waals surface area contributed by atoms with Gasteiger partial charge in [0.05, 0.1) is 20.1 Å². The van der Waals surface area contributed by atoms with Gasteiger partial charge in [0.1, 0.15) is 12.6 Å². The SMILES string of the molecule is NNC(NN)NC(N)Nc1cc(Cl)c(-c2cccc(Cl)c2Cl)c(Cl)c1. The van der Waals surface area contributed by atoms with E-state index < -0.39 is 12.6 Å². The Labute approximate surface area is 165 Å². The van der Waals surface area contributed by atoms with Gasteiger partial charge in [-0.05, 0) is 18.2 Å². The predicted molar refractivity (Wildman–Crippen MR) is 105 cm³/mol. The summed E-state index contributed by atoms with van der Waals surface area (Å²) in [5.74, 6) is 10.6. The molecule has 0 saturated carbocycles. The van der Waals surface area contributed by atoms with E-state index in [0.29, 0.717) is 36.9 Å². The van der Waals surface area contributed by atoms with Gasteiger partial charge in [-0.2, -0.15) is 0 Å². The Kier molecular flexibility index (Phi) is 7.53. The molecular weight excluding hydrogens is 408 g/mol. The number of halogens is 4. The van der Waals surface area contributed by atoms with E-state index in [-0.39, 0.29) is 0 Å². The maximum Gasteiger partial charge on any atom is 0.139 e. The molecule has 0 radical (unpaired) electrons. The molecule has 1 atom stereocenters. The van der Waals surface area contributed by atoms with Crippen molar-refractivity contribution in [2.45, 2.75) is 12.6 Å². The second kappa shape index (κ2) is 9.20. The van der Waals surface area contributed by atoms with Crippen LogP contribution >= 0.6 is 46.4 Å². The normalized spacial score (nSPS) is 12.5. The maximum absolute atomic E-state index is 6.39. The molecule has 0 spiro atoms. The first kappa shape index (κ1) is 20.5. The first-order chi connectivity index (χ1) is 11.9. The minimum absolute atomic E-state index is 0.373. The number of anilines is 1. The Bertz CT molecular complexity index is 716. The summed E-state index contributed by atoms with van der Waals surface area (Å²) in [5, 5.41) is 7.37. The van der Waals surface area contributed by atoms with E-state index in [1.807, 2.05) is 0 Å². The Morgan fingerprint density at radius 3 is 2.04 bits per heavy atom. The molecule has 0 aliphatic carbocycles. The Balaban J connectivity index is 2.27. The molecule has 2 aromatic rings. The zero-order valence-electron chi connectivity index (χ0n) is 12.8. The molecule has 0 saturated heterocycles. The third-order valence-corrected chi connectivity index (χ3v) is 4.68. The van der Waals surface area contributed by atoms with E-state index in [9.17, 15) is 0 Å². The fourth-order valence-electron chi connectivity index (χ4n) is 2.16. The quantitative estimate of drug-likeness (QED) is 0.206. The number of rotatable bonds is 7. The van der Waals surface area contributed by atoms with Crippen LogP contribution < -0.4 is 38.9 Å². The van der Waals surface area contributed by atoms with Crippen LogP contribution in [-0.2, 0) is 0 Å². The van der Waals surface area contributed by atoms with Crippen molar-refractivity contribution < 1.29 is 0 Å². The molecular formula is C14H17Cl4N7. The standard InChI is InChI=1S/C14H17Cl4N7/c15-8-3-1-2-7(12(8)18)11-9(16)4-6(5-10(11)17)22-13(19)23-14(24-20)25-21/h1-5,13-14,22-25H,19-21H2. The number of benzene rings is 2. The summed E-state index contributed by atoms with van der Waals surface area (Å²) < 4.78 is 0. The van der Waals surface area contributed by atoms with Crippen molar-refractivity contribution in [1.82, 2.24) is 16.2 Å². The van der Waals surface area contributed by atoms with Gasteiger partial charge in [0.25, 0.3) is 0 Å². The second-order valence-electron chi connectivity index (χ2n) is 4.97. The van der Waals surface area contributed by atoms with Crippen LogP contribution in [0, 0.1) is 0 Å². The number of hydrogen-bond acceptors (Lipinski definition) is 7. The van der Waals surface area contributed by atoms with E-state index >= 15 is 0 Å². The largest absolute Gasteiger partial charge is 0.358 e. The van der Waals surface area contributed by atoms with Gasteiger partial charge in [-0.15, -0.1) is 0 Å². The van der Waals surface area contributed by atoms with Crippen LogP contribution in [0.1, 0.15) is 0 Å². The minimum Gasteiger partial charge on any atom is -0.358 e. The van der Waals surface area contributed by atoms with Crippen molar-refractivity contribution in [2.24, 2.45) is 17.4 Å². The fraction of sp³-hybridized carbons (Fsp3) is 0.143. The molecule has 25 heavy (non-hydrogen) atoms. The molecule has 0 heterocycles. The van der Waals surface area contributed by atoms with Crippen molar-refractivity contribution >= 4 is 52.1 Å². The monoisotopic (exact) mass is 423 g/mol. The van der Waals surface area contributed by atoms with E-state index in [1.54, 1.807) is 30.3 Å². The summed E-state index contributed by atoms with van der Waals surface area (Å²) in [6.07, 6.45) is -1.29. The van der Waals surface area contributed by atoms with E-state index in [2.05, 4.69) is 21.5 Å². The average molecular weight is 425 g/mol. The van der Waals surface area contributed by atoms with Gasteiger partial charge in [-0.3, -0.25) is 22.7 Å². The van der Waals surface area contributed by atoms with Crippen molar-refractivity contribution in [3.8, 4) is 11.1 Å². The van der Waals surface area contributed by atoms with Crippen LogP contribution in [0.15, 0.2) is 30.3 Å². The lowest BCUT2D eigenvalue weighted by Crippen LogP contribution is -2.63. The summed E-state index contributed by atoms with van der Waals surface area (Å²) in [6, 6.07) is 8.57. The lowest BCUT2D eigenvalue weighted by molar-refractivity contribution is 0.339. The van der Waals surface area contributed by atoms with Crippen LogP contribution in [0.5, 0.6) is 0 Å². The van der Waals surface area contributed by atoms with Gasteiger partial charge >= 0.3 is 0 Å². The van der Waals surface area contributed by atoms with Crippen LogP contribution in [0.4, 0.5) is 5.69 Å². The highest BCUT2D eigenvalue weighted by atomic mass is 35.5. The summed E-state index contributed by atoms with van der Waals surface area (Å²) in [7, 11) is 0. The zero-order chi connectivity index (χ0) is 18.6. The second-order valence-corrected chi connectivity index (χ2v) is 6.57. The van der Waals surface area contributed by atoms with Crippen molar-refractivity contribution in [2.75, 3.05) is 5.32 Å². The van der Waals surface area contributed by atoms with E-state index in [1.165, 1.54) is 0 Å². The van der Waals surface area contributed by atoms with Crippen molar-refractivity contribution in [3.63, 3.8) is 0 Å². The number of hydrazine groups is 2. The topological polar surface area (TPSA) is 126 Å². The molecule has 11 heteroatoms. The predicted octanol–water partition coefficient (Wildman–Crippen LogP) is 2.42. The summed E-state index contributed by atoms with van der Waals surface area (Å²) in [5.41, 5.74) is 12.5. The van der Waals surface area contributed by atoms with Crippen LogP contribution in [0.25, 0.3) is 11.1 Å². The van der Waals surface area contributed by atoms with Crippen molar-refractivity contribution in [1.29, 1.82) is 0 Å². The van der Waals surface area contributed by atoms with Crippen LogP contribution in [0.2, 0.25) is 20.1 Å². The first-order valence-electron chi connectivity index (χ1n) is 7.01. The summed E-state index contributed by atoms with van der Waals surface area (Å²) in [6.45, 7) is 0. The van der Waals surface area contributed by atoms with E-state index in [0.717, 1.165) is 0 Å². The third-order valence-electron chi connectivity index (χ3n) is 3.26. The molecule has 136 valence electrons. The van der Waals surface area contributed by atoms with Gasteiger partial charge in [0.2, 0.25) is 0 Å². The third kappa shape index (κ3) is 5.08. The lowest BCUT2D eigenvalue weighted by Gasteiger charge is -2.23. The minimum atomic E-state index is -0.690. The molecule has 7 nitrogen and oxygen atoms in total. The van der Waals surface area contributed by atoms with Gasteiger partial charge in [-0.1, -0.05) is 58.5 Å². The molecule has 0 fully saturated rings. The lowest BCUT2D eigenvalue weighted by atomic mass is 10.0. The molecule has 0 bridgehead atoms. The fourth-order valence-corrected chi connectivity index (χ4v) is 3.24. The highest BCUT2D eigenvalue weighted by Crippen LogP contribution is 2.42. The number of hydrogen-bond donors (Lipinski definition) is 7. The summed E-state index contributed by atoms with van der Waals surface area (Å²) in [4.78, 5) is 0. The molecule has 0 aliphatic heterocycles. The summed E-state index contributed by atoms with van der Waals surface area (Å²) >= 11 is 25.1. The zero-order valence-corrected chi connectivity index (χ0v) is 15.8. The van der Waals surface area contributed by atoms with Gasteiger partial charge in [-0.25, -0.2) is 10.9 Å². The number of nitrogens with two attached hydrogens (primary N) is 3. The maximum atomic E-state index is 6.39. The first-order valence-corrected chi connectivity index (χ1v) is 8.52. The highest BCUT2D eigenvalue weighted by molar-refractivity contribution is 6.45. The Morgan fingerprint density at radius 1 is 0.880 bits per heavy atom. The van der Waals surface area contributed by atoms with Crippen LogP contribution in [-0.4, -0.2) is 12.6 Å². The molecule has 0 amide bonds. The Hall–Kier alpha value is -0.840. The smallest absolute Gasteiger partial charge is 0.139 e. The van der Waals surface area contributed by atoms with Gasteiger partial charge in [0, 0.05) is 16.8 Å². The number of nitrogens with one attached hydrogen (secondary N) is 4. The van der Waals surface area contributed by atoms with Gasteiger partial charge < -0.3 is 5.32 Å². The highest BCUT2D eigenvalue weighted by Gasteiger charge is 2.16. The molecule has 1 unspecified atom stereocenters. The molecule has 0 aliphatic rings.